The first kappa shape index (κ1) is 17.9. The van der Waals surface area contributed by atoms with Crippen molar-refractivity contribution in [3.63, 3.8) is 0 Å². The summed E-state index contributed by atoms with van der Waals surface area (Å²) in [6, 6.07) is 21.3. The number of aromatic nitrogens is 1. The quantitative estimate of drug-likeness (QED) is 0.487. The van der Waals surface area contributed by atoms with Crippen LogP contribution in [0.4, 0.5) is 10.1 Å². The number of benzene rings is 3. The molecule has 0 atom stereocenters. The molecule has 0 aliphatic rings. The largest absolute Gasteiger partial charge is 0.322 e. The molecule has 0 fully saturated rings. The van der Waals surface area contributed by atoms with Gasteiger partial charge in [-0.15, -0.1) is 0 Å². The molecule has 0 aliphatic carbocycles. The maximum Gasteiger partial charge on any atom is 0.256 e. The van der Waals surface area contributed by atoms with Crippen LogP contribution in [0.15, 0.2) is 72.8 Å². The van der Waals surface area contributed by atoms with E-state index in [9.17, 15) is 9.18 Å². The van der Waals surface area contributed by atoms with Crippen LogP contribution in [0.25, 0.3) is 22.2 Å². The monoisotopic (exact) mass is 370 g/mol. The van der Waals surface area contributed by atoms with Crippen LogP contribution in [0.5, 0.6) is 0 Å². The van der Waals surface area contributed by atoms with Gasteiger partial charge in [0.05, 0.1) is 16.8 Å². The zero-order chi connectivity index (χ0) is 19.7. The molecule has 1 heterocycles. The van der Waals surface area contributed by atoms with Crippen LogP contribution in [0.3, 0.4) is 0 Å². The van der Waals surface area contributed by atoms with Crippen LogP contribution in [0, 0.1) is 19.7 Å². The molecule has 28 heavy (non-hydrogen) atoms. The fraction of sp³-hybridized carbons (Fsp3) is 0.0833. The highest BCUT2D eigenvalue weighted by atomic mass is 19.1. The summed E-state index contributed by atoms with van der Waals surface area (Å²) in [5, 5.41) is 3.75. The van der Waals surface area contributed by atoms with Crippen molar-refractivity contribution in [2.45, 2.75) is 13.8 Å². The van der Waals surface area contributed by atoms with Crippen molar-refractivity contribution < 1.29 is 9.18 Å². The molecule has 0 saturated heterocycles. The van der Waals surface area contributed by atoms with Crippen LogP contribution in [-0.2, 0) is 0 Å². The molecule has 0 unspecified atom stereocenters. The van der Waals surface area contributed by atoms with Gasteiger partial charge >= 0.3 is 0 Å². The van der Waals surface area contributed by atoms with E-state index >= 15 is 0 Å². The summed E-state index contributed by atoms with van der Waals surface area (Å²) < 4.78 is 13.3. The van der Waals surface area contributed by atoms with Gasteiger partial charge in [0.15, 0.2) is 0 Å². The lowest BCUT2D eigenvalue weighted by atomic mass is 9.99. The minimum absolute atomic E-state index is 0.202. The van der Waals surface area contributed by atoms with Gasteiger partial charge in [0.25, 0.3) is 5.91 Å². The number of carbonyl (C=O) groups excluding carboxylic acids is 1. The smallest absolute Gasteiger partial charge is 0.256 e. The Morgan fingerprint density at radius 1 is 0.929 bits per heavy atom. The number of pyridine rings is 1. The molecule has 3 nitrogen and oxygen atoms in total. The van der Waals surface area contributed by atoms with E-state index in [4.69, 9.17) is 4.98 Å². The van der Waals surface area contributed by atoms with E-state index in [-0.39, 0.29) is 11.7 Å². The Morgan fingerprint density at radius 3 is 2.36 bits per heavy atom. The van der Waals surface area contributed by atoms with Gasteiger partial charge < -0.3 is 5.32 Å². The molecular formula is C24H19FN2O. The summed E-state index contributed by atoms with van der Waals surface area (Å²) >= 11 is 0. The molecule has 0 radical (unpaired) electrons. The van der Waals surface area contributed by atoms with Crippen LogP contribution in [0.2, 0.25) is 0 Å². The molecule has 138 valence electrons. The van der Waals surface area contributed by atoms with Crippen molar-refractivity contribution in [3.8, 4) is 11.3 Å². The summed E-state index contributed by atoms with van der Waals surface area (Å²) in [6.07, 6.45) is 0. The molecule has 3 aromatic carbocycles. The standard InChI is InChI=1S/C24H19FN2O/c1-15-12-16(2)23-20(13-15)21(24(28)26-19-6-4-3-5-7-19)14-22(27-23)17-8-10-18(25)11-9-17/h3-14H,1-2H3,(H,26,28). The molecule has 0 saturated carbocycles. The fourth-order valence-corrected chi connectivity index (χ4v) is 3.36. The molecular weight excluding hydrogens is 351 g/mol. The number of nitrogens with one attached hydrogen (secondary N) is 1. The maximum atomic E-state index is 13.3. The first-order valence-electron chi connectivity index (χ1n) is 9.05. The number of nitrogens with zero attached hydrogens (tertiary/aromatic N) is 1. The molecule has 0 spiro atoms. The topological polar surface area (TPSA) is 42.0 Å². The predicted octanol–water partition coefficient (Wildman–Crippen LogP) is 5.91. The Hall–Kier alpha value is -3.53. The SMILES string of the molecule is Cc1cc(C)c2nc(-c3ccc(F)cc3)cc(C(=O)Nc3ccccc3)c2c1. The van der Waals surface area contributed by atoms with Crippen molar-refractivity contribution in [1.29, 1.82) is 0 Å². The fourth-order valence-electron chi connectivity index (χ4n) is 3.36. The van der Waals surface area contributed by atoms with Gasteiger partial charge in [0.2, 0.25) is 0 Å². The Balaban J connectivity index is 1.89. The summed E-state index contributed by atoms with van der Waals surface area (Å²) in [4.78, 5) is 17.9. The summed E-state index contributed by atoms with van der Waals surface area (Å²) in [6.45, 7) is 3.98. The number of anilines is 1. The number of hydrogen-bond donors (Lipinski definition) is 1. The van der Waals surface area contributed by atoms with Gasteiger partial charge in [-0.2, -0.15) is 0 Å². The number of halogens is 1. The van der Waals surface area contributed by atoms with Crippen molar-refractivity contribution in [2.24, 2.45) is 0 Å². The molecule has 0 aliphatic heterocycles. The third kappa shape index (κ3) is 3.49. The van der Waals surface area contributed by atoms with Crippen molar-refractivity contribution in [2.75, 3.05) is 5.32 Å². The summed E-state index contributed by atoms with van der Waals surface area (Å²) in [5.41, 5.74) is 5.49. The van der Waals surface area contributed by atoms with E-state index in [1.165, 1.54) is 12.1 Å². The highest BCUT2D eigenvalue weighted by Gasteiger charge is 2.16. The van der Waals surface area contributed by atoms with Crippen LogP contribution in [0.1, 0.15) is 21.5 Å². The van der Waals surface area contributed by atoms with E-state index in [0.29, 0.717) is 11.3 Å². The highest BCUT2D eigenvalue weighted by Crippen LogP contribution is 2.28. The van der Waals surface area contributed by atoms with E-state index in [1.807, 2.05) is 56.3 Å². The lowest BCUT2D eigenvalue weighted by molar-refractivity contribution is 0.102. The van der Waals surface area contributed by atoms with Crippen LogP contribution in [-0.4, -0.2) is 10.9 Å². The third-order valence-electron chi connectivity index (χ3n) is 4.66. The Morgan fingerprint density at radius 2 is 1.64 bits per heavy atom. The average molecular weight is 370 g/mol. The summed E-state index contributed by atoms with van der Waals surface area (Å²) in [7, 11) is 0. The Kier molecular flexibility index (Phi) is 4.62. The number of rotatable bonds is 3. The van der Waals surface area contributed by atoms with Gasteiger partial charge in [-0.1, -0.05) is 29.8 Å². The van der Waals surface area contributed by atoms with Gasteiger partial charge in [-0.3, -0.25) is 4.79 Å². The van der Waals surface area contributed by atoms with E-state index in [0.717, 1.165) is 33.3 Å². The zero-order valence-electron chi connectivity index (χ0n) is 15.7. The molecule has 1 aromatic heterocycles. The lowest BCUT2D eigenvalue weighted by Crippen LogP contribution is -2.13. The predicted molar refractivity (Wildman–Crippen MR) is 111 cm³/mol. The maximum absolute atomic E-state index is 13.3. The Labute approximate surface area is 162 Å². The van der Waals surface area contributed by atoms with E-state index in [1.54, 1.807) is 18.2 Å². The number of aryl methyl sites for hydroxylation is 2. The Bertz CT molecular complexity index is 1170. The molecule has 4 rings (SSSR count). The average Bonchev–Trinajstić information content (AvgIpc) is 2.68. The zero-order valence-corrected chi connectivity index (χ0v) is 15.7. The number of amides is 1. The highest BCUT2D eigenvalue weighted by molar-refractivity contribution is 6.13. The number of para-hydroxylation sites is 1. The van der Waals surface area contributed by atoms with Gasteiger partial charge in [-0.05, 0) is 67.9 Å². The molecule has 1 N–H and O–H groups in total. The molecule has 0 bridgehead atoms. The van der Waals surface area contributed by atoms with Crippen molar-refractivity contribution in [1.82, 2.24) is 4.98 Å². The van der Waals surface area contributed by atoms with Gasteiger partial charge in [-0.25, -0.2) is 9.37 Å². The first-order valence-corrected chi connectivity index (χ1v) is 9.05. The second kappa shape index (κ2) is 7.24. The summed E-state index contributed by atoms with van der Waals surface area (Å²) in [5.74, 6) is -0.509. The van der Waals surface area contributed by atoms with Crippen LogP contribution >= 0.6 is 0 Å². The lowest BCUT2D eigenvalue weighted by Gasteiger charge is -2.13. The second-order valence-corrected chi connectivity index (χ2v) is 6.86. The van der Waals surface area contributed by atoms with Gasteiger partial charge in [0, 0.05) is 16.6 Å². The van der Waals surface area contributed by atoms with Crippen LogP contribution < -0.4 is 5.32 Å². The van der Waals surface area contributed by atoms with Gasteiger partial charge in [0.1, 0.15) is 5.82 Å². The number of hydrogen-bond acceptors (Lipinski definition) is 2. The second-order valence-electron chi connectivity index (χ2n) is 6.86. The minimum Gasteiger partial charge on any atom is -0.322 e. The number of carbonyl (C=O) groups is 1. The molecule has 1 amide bonds. The number of fused-ring (bicyclic) bond motifs is 1. The van der Waals surface area contributed by atoms with Crippen molar-refractivity contribution >= 4 is 22.5 Å². The molecule has 4 aromatic rings. The molecule has 4 heteroatoms. The van der Waals surface area contributed by atoms with E-state index in [2.05, 4.69) is 5.32 Å². The normalized spacial score (nSPS) is 10.8. The van der Waals surface area contributed by atoms with E-state index < -0.39 is 0 Å². The minimum atomic E-state index is -0.307. The first-order chi connectivity index (χ1) is 13.5. The third-order valence-corrected chi connectivity index (χ3v) is 4.66. The van der Waals surface area contributed by atoms with Crippen molar-refractivity contribution in [3.05, 3.63) is 95.3 Å².